The maximum Gasteiger partial charge on any atom is 0.286 e. The van der Waals surface area contributed by atoms with Crippen LogP contribution in [0.4, 0.5) is 5.69 Å². The maximum atomic E-state index is 12.2. The summed E-state index contributed by atoms with van der Waals surface area (Å²) in [6.45, 7) is 5.99. The lowest BCUT2D eigenvalue weighted by Gasteiger charge is -2.30. The largest absolute Gasteiger partial charge is 0.364 e. The fourth-order valence-electron chi connectivity index (χ4n) is 2.80. The lowest BCUT2D eigenvalue weighted by Crippen LogP contribution is -2.39. The molecule has 0 unspecified atom stereocenters. The van der Waals surface area contributed by atoms with E-state index in [4.69, 9.17) is 4.74 Å². The number of nitrogens with one attached hydrogen (secondary N) is 1. The summed E-state index contributed by atoms with van der Waals surface area (Å²) in [7, 11) is 0. The Morgan fingerprint density at radius 2 is 1.93 bits per heavy atom. The molecular weight excluding hydrogens is 364 g/mol. The Hall–Kier alpha value is -2.32. The van der Waals surface area contributed by atoms with E-state index < -0.39 is 0 Å². The van der Waals surface area contributed by atoms with Crippen molar-refractivity contribution in [3.8, 4) is 0 Å². The Morgan fingerprint density at radius 3 is 2.63 bits per heavy atom. The Morgan fingerprint density at radius 1 is 1.22 bits per heavy atom. The molecule has 0 bridgehead atoms. The number of ether oxygens (including phenoxy) is 1. The molecule has 0 aliphatic carbocycles. The van der Waals surface area contributed by atoms with Crippen LogP contribution in [-0.4, -0.2) is 46.6 Å². The van der Waals surface area contributed by atoms with Gasteiger partial charge in [0.05, 0.1) is 0 Å². The van der Waals surface area contributed by atoms with Gasteiger partial charge in [-0.3, -0.25) is 9.59 Å². The van der Waals surface area contributed by atoms with Crippen LogP contribution in [0.5, 0.6) is 0 Å². The zero-order chi connectivity index (χ0) is 19.2. The van der Waals surface area contributed by atoms with E-state index in [0.717, 1.165) is 31.5 Å². The summed E-state index contributed by atoms with van der Waals surface area (Å²) < 4.78 is 5.47. The Bertz CT molecular complexity index is 783. The van der Waals surface area contributed by atoms with Gasteiger partial charge in [-0.2, -0.15) is 0 Å². The first-order chi connectivity index (χ1) is 13.0. The quantitative estimate of drug-likeness (QED) is 0.823. The molecule has 1 aliphatic heterocycles. The highest BCUT2D eigenvalue weighted by Gasteiger charge is 2.20. The van der Waals surface area contributed by atoms with E-state index in [9.17, 15) is 9.59 Å². The van der Waals surface area contributed by atoms with Crippen LogP contribution in [0, 0.1) is 12.8 Å². The van der Waals surface area contributed by atoms with Crippen molar-refractivity contribution in [3.63, 3.8) is 0 Å². The van der Waals surface area contributed by atoms with E-state index in [0.29, 0.717) is 16.6 Å². The summed E-state index contributed by atoms with van der Waals surface area (Å²) in [5.74, 6) is 0.380. The fourth-order valence-corrected chi connectivity index (χ4v) is 3.47. The molecule has 0 spiro atoms. The predicted molar refractivity (Wildman–Crippen MR) is 104 cm³/mol. The van der Waals surface area contributed by atoms with Crippen LogP contribution in [0.2, 0.25) is 0 Å². The van der Waals surface area contributed by atoms with Crippen molar-refractivity contribution in [2.45, 2.75) is 33.3 Å². The number of likely N-dealkylation sites (tertiary alicyclic amines) is 1. The highest BCUT2D eigenvalue weighted by atomic mass is 32.1. The zero-order valence-corrected chi connectivity index (χ0v) is 16.4. The summed E-state index contributed by atoms with van der Waals surface area (Å²) in [6, 6.07) is 7.53. The van der Waals surface area contributed by atoms with Crippen LogP contribution in [0.3, 0.4) is 0 Å². The molecule has 1 saturated heterocycles. The molecular formula is C19H24N4O3S. The summed E-state index contributed by atoms with van der Waals surface area (Å²) in [4.78, 5) is 26.2. The first-order valence-corrected chi connectivity index (χ1v) is 9.89. The Balaban J connectivity index is 1.44. The van der Waals surface area contributed by atoms with Gasteiger partial charge in [0, 0.05) is 18.8 Å². The number of amides is 2. The van der Waals surface area contributed by atoms with Gasteiger partial charge < -0.3 is 15.0 Å². The number of aryl methyl sites for hydroxylation is 1. The first kappa shape index (κ1) is 19.4. The van der Waals surface area contributed by atoms with E-state index in [2.05, 4.69) is 22.4 Å². The molecule has 27 heavy (non-hydrogen) atoms. The number of anilines is 1. The normalized spacial score (nSPS) is 15.0. The highest BCUT2D eigenvalue weighted by Crippen LogP contribution is 2.17. The van der Waals surface area contributed by atoms with Crippen molar-refractivity contribution < 1.29 is 14.3 Å². The van der Waals surface area contributed by atoms with Crippen molar-refractivity contribution >= 4 is 28.8 Å². The van der Waals surface area contributed by atoms with Gasteiger partial charge in [0.1, 0.15) is 18.2 Å². The molecule has 0 radical (unpaired) electrons. The molecule has 1 fully saturated rings. The lowest BCUT2D eigenvalue weighted by molar-refractivity contribution is -0.137. The minimum atomic E-state index is -0.305. The van der Waals surface area contributed by atoms with Crippen molar-refractivity contribution in [3.05, 3.63) is 39.8 Å². The summed E-state index contributed by atoms with van der Waals surface area (Å²) >= 11 is 1.17. The second-order valence-corrected chi connectivity index (χ2v) is 7.94. The number of piperidine rings is 1. The predicted octanol–water partition coefficient (Wildman–Crippen LogP) is 2.87. The number of hydrogen-bond acceptors (Lipinski definition) is 6. The van der Waals surface area contributed by atoms with E-state index >= 15 is 0 Å². The van der Waals surface area contributed by atoms with E-state index in [1.54, 1.807) is 0 Å². The smallest absolute Gasteiger partial charge is 0.286 e. The van der Waals surface area contributed by atoms with Gasteiger partial charge in [-0.1, -0.05) is 36.0 Å². The van der Waals surface area contributed by atoms with Gasteiger partial charge in [-0.05, 0) is 37.8 Å². The topological polar surface area (TPSA) is 84.4 Å². The molecule has 3 rings (SSSR count). The van der Waals surface area contributed by atoms with E-state index in [1.807, 2.05) is 36.1 Å². The minimum Gasteiger partial charge on any atom is -0.364 e. The molecule has 2 amide bonds. The molecule has 1 aromatic carbocycles. The molecule has 7 nitrogen and oxygen atoms in total. The van der Waals surface area contributed by atoms with Crippen LogP contribution in [0.1, 0.15) is 40.1 Å². The third kappa shape index (κ3) is 5.58. The van der Waals surface area contributed by atoms with Gasteiger partial charge in [0.25, 0.3) is 5.91 Å². The number of rotatable bonds is 6. The number of nitrogens with zero attached hydrogens (tertiary/aromatic N) is 3. The summed E-state index contributed by atoms with van der Waals surface area (Å²) in [6.07, 6.45) is 2.09. The number of carbonyl (C=O) groups is 2. The van der Waals surface area contributed by atoms with Crippen LogP contribution in [0.25, 0.3) is 0 Å². The molecule has 2 aromatic rings. The van der Waals surface area contributed by atoms with Crippen LogP contribution in [-0.2, 0) is 16.1 Å². The number of hydrogen-bond donors (Lipinski definition) is 1. The average molecular weight is 388 g/mol. The maximum absolute atomic E-state index is 12.2. The van der Waals surface area contributed by atoms with Crippen LogP contribution in [0.15, 0.2) is 24.3 Å². The molecule has 0 saturated carbocycles. The number of benzene rings is 1. The Kier molecular flexibility index (Phi) is 6.52. The molecule has 1 aromatic heterocycles. The molecule has 2 heterocycles. The fraction of sp³-hybridized carbons (Fsp3) is 0.474. The molecule has 1 aliphatic rings. The molecule has 144 valence electrons. The van der Waals surface area contributed by atoms with Crippen molar-refractivity contribution in [2.24, 2.45) is 5.92 Å². The highest BCUT2D eigenvalue weighted by molar-refractivity contribution is 7.13. The van der Waals surface area contributed by atoms with Crippen LogP contribution < -0.4 is 5.32 Å². The van der Waals surface area contributed by atoms with Gasteiger partial charge in [0.2, 0.25) is 10.9 Å². The number of aromatic nitrogens is 2. The monoisotopic (exact) mass is 388 g/mol. The second-order valence-electron chi connectivity index (χ2n) is 6.88. The van der Waals surface area contributed by atoms with Gasteiger partial charge in [0.15, 0.2) is 0 Å². The van der Waals surface area contributed by atoms with Gasteiger partial charge in [-0.15, -0.1) is 10.2 Å². The van der Waals surface area contributed by atoms with Crippen molar-refractivity contribution in [1.29, 1.82) is 0 Å². The van der Waals surface area contributed by atoms with Crippen LogP contribution >= 0.6 is 11.3 Å². The van der Waals surface area contributed by atoms with Crippen molar-refractivity contribution in [1.82, 2.24) is 15.1 Å². The van der Waals surface area contributed by atoms with E-state index in [-0.39, 0.29) is 30.0 Å². The molecule has 1 N–H and O–H groups in total. The zero-order valence-electron chi connectivity index (χ0n) is 15.6. The van der Waals surface area contributed by atoms with Gasteiger partial charge in [-0.25, -0.2) is 0 Å². The summed E-state index contributed by atoms with van der Waals surface area (Å²) in [5.41, 5.74) is 1.83. The second kappa shape index (κ2) is 9.05. The minimum absolute atomic E-state index is 0.00347. The third-order valence-electron chi connectivity index (χ3n) is 4.56. The first-order valence-electron chi connectivity index (χ1n) is 9.07. The van der Waals surface area contributed by atoms with E-state index in [1.165, 1.54) is 11.3 Å². The SMILES string of the molecule is Cc1ccc(NC(=O)c2nnc(COCC(=O)N3CCC(C)CC3)s2)cc1. The van der Waals surface area contributed by atoms with Gasteiger partial charge >= 0.3 is 0 Å². The average Bonchev–Trinajstić information content (AvgIpc) is 3.13. The third-order valence-corrected chi connectivity index (χ3v) is 5.45. The standard InChI is InChI=1S/C19H24N4O3S/c1-13-3-5-15(6-4-13)20-18(25)19-22-21-16(27-19)11-26-12-17(24)23-9-7-14(2)8-10-23/h3-6,14H,7-12H2,1-2H3,(H,20,25). The van der Waals surface area contributed by atoms with Crippen molar-refractivity contribution in [2.75, 3.05) is 25.0 Å². The Labute approximate surface area is 162 Å². The lowest BCUT2D eigenvalue weighted by atomic mass is 9.99. The molecule has 8 heteroatoms. The number of carbonyl (C=O) groups excluding carboxylic acids is 2. The summed E-state index contributed by atoms with van der Waals surface area (Å²) in [5, 5.41) is 11.5. The molecule has 0 atom stereocenters.